The highest BCUT2D eigenvalue weighted by atomic mass is 16.5. The SMILES string of the molecule is Cc1[nH]nc(C2CC2)c1-c1cccc(C(=O)NC[C@@H]2CCCO2)c1. The maximum absolute atomic E-state index is 12.4. The minimum Gasteiger partial charge on any atom is -0.376 e. The lowest BCUT2D eigenvalue weighted by molar-refractivity contribution is 0.0858. The summed E-state index contributed by atoms with van der Waals surface area (Å²) >= 11 is 0. The van der Waals surface area contributed by atoms with E-state index in [1.54, 1.807) is 0 Å². The molecule has 1 saturated carbocycles. The van der Waals surface area contributed by atoms with Crippen molar-refractivity contribution < 1.29 is 9.53 Å². The number of aryl methyl sites for hydroxylation is 1. The van der Waals surface area contributed by atoms with Crippen LogP contribution in [0.3, 0.4) is 0 Å². The lowest BCUT2D eigenvalue weighted by Gasteiger charge is -2.11. The van der Waals surface area contributed by atoms with Crippen molar-refractivity contribution in [3.63, 3.8) is 0 Å². The summed E-state index contributed by atoms with van der Waals surface area (Å²) in [6.07, 6.45) is 4.69. The zero-order valence-electron chi connectivity index (χ0n) is 14.0. The van der Waals surface area contributed by atoms with E-state index in [0.29, 0.717) is 18.0 Å². The summed E-state index contributed by atoms with van der Waals surface area (Å²) in [5.41, 5.74) is 5.12. The van der Waals surface area contributed by atoms with E-state index in [1.165, 1.54) is 12.8 Å². The summed E-state index contributed by atoms with van der Waals surface area (Å²) in [6.45, 7) is 3.43. The number of ether oxygens (including phenoxy) is 1. The molecular formula is C19H23N3O2. The topological polar surface area (TPSA) is 67.0 Å². The van der Waals surface area contributed by atoms with E-state index in [2.05, 4.69) is 21.6 Å². The molecule has 1 aliphatic heterocycles. The minimum absolute atomic E-state index is 0.0403. The molecular weight excluding hydrogens is 302 g/mol. The van der Waals surface area contributed by atoms with Gasteiger partial charge in [0.05, 0.1) is 11.8 Å². The fourth-order valence-electron chi connectivity index (χ4n) is 3.39. The summed E-state index contributed by atoms with van der Waals surface area (Å²) < 4.78 is 5.56. The molecule has 24 heavy (non-hydrogen) atoms. The smallest absolute Gasteiger partial charge is 0.251 e. The van der Waals surface area contributed by atoms with Gasteiger partial charge in [0.1, 0.15) is 0 Å². The van der Waals surface area contributed by atoms with Crippen LogP contribution < -0.4 is 5.32 Å². The van der Waals surface area contributed by atoms with Crippen LogP contribution in [0.15, 0.2) is 24.3 Å². The van der Waals surface area contributed by atoms with Crippen LogP contribution in [-0.4, -0.2) is 35.4 Å². The van der Waals surface area contributed by atoms with Gasteiger partial charge in [-0.25, -0.2) is 0 Å². The highest BCUT2D eigenvalue weighted by molar-refractivity contribution is 5.95. The number of hydrogen-bond donors (Lipinski definition) is 2. The van der Waals surface area contributed by atoms with Crippen LogP contribution in [0.2, 0.25) is 0 Å². The Morgan fingerprint density at radius 1 is 1.38 bits per heavy atom. The van der Waals surface area contributed by atoms with Gasteiger partial charge in [0.2, 0.25) is 0 Å². The molecule has 5 nitrogen and oxygen atoms in total. The number of amides is 1. The molecule has 2 fully saturated rings. The molecule has 1 atom stereocenters. The molecule has 1 aromatic heterocycles. The lowest BCUT2D eigenvalue weighted by atomic mass is 9.99. The third-order valence-corrected chi connectivity index (χ3v) is 4.87. The average Bonchev–Trinajstić information content (AvgIpc) is 3.16. The zero-order valence-corrected chi connectivity index (χ0v) is 14.0. The zero-order chi connectivity index (χ0) is 16.5. The molecule has 0 unspecified atom stereocenters. The largest absolute Gasteiger partial charge is 0.376 e. The monoisotopic (exact) mass is 325 g/mol. The number of hydrogen-bond acceptors (Lipinski definition) is 3. The van der Waals surface area contributed by atoms with Crippen LogP contribution in [0, 0.1) is 6.92 Å². The summed E-state index contributed by atoms with van der Waals surface area (Å²) in [7, 11) is 0. The number of rotatable bonds is 5. The molecule has 0 spiro atoms. The first-order valence-corrected chi connectivity index (χ1v) is 8.77. The molecule has 0 radical (unpaired) electrons. The number of aromatic amines is 1. The molecule has 1 amide bonds. The number of benzene rings is 1. The fraction of sp³-hybridized carbons (Fsp3) is 0.474. The van der Waals surface area contributed by atoms with Gasteiger partial charge in [-0.1, -0.05) is 12.1 Å². The van der Waals surface area contributed by atoms with Crippen molar-refractivity contribution in [2.45, 2.75) is 44.6 Å². The van der Waals surface area contributed by atoms with Crippen LogP contribution in [0.4, 0.5) is 0 Å². The lowest BCUT2D eigenvalue weighted by Crippen LogP contribution is -2.31. The maximum atomic E-state index is 12.4. The third-order valence-electron chi connectivity index (χ3n) is 4.87. The van der Waals surface area contributed by atoms with Gasteiger partial charge < -0.3 is 10.1 Å². The Labute approximate surface area is 141 Å². The Kier molecular flexibility index (Phi) is 4.10. The predicted octanol–water partition coefficient (Wildman–Crippen LogP) is 3.17. The fourth-order valence-corrected chi connectivity index (χ4v) is 3.39. The summed E-state index contributed by atoms with van der Waals surface area (Å²) in [6, 6.07) is 7.83. The maximum Gasteiger partial charge on any atom is 0.251 e. The molecule has 1 aromatic carbocycles. The summed E-state index contributed by atoms with van der Waals surface area (Å²) in [5, 5.41) is 10.6. The van der Waals surface area contributed by atoms with E-state index in [-0.39, 0.29) is 12.0 Å². The highest BCUT2D eigenvalue weighted by Gasteiger charge is 2.30. The van der Waals surface area contributed by atoms with Crippen molar-refractivity contribution >= 4 is 5.91 Å². The van der Waals surface area contributed by atoms with Gasteiger partial charge in [-0.3, -0.25) is 9.89 Å². The van der Waals surface area contributed by atoms with E-state index in [1.807, 2.05) is 25.1 Å². The Morgan fingerprint density at radius 3 is 3.00 bits per heavy atom. The summed E-state index contributed by atoms with van der Waals surface area (Å²) in [5.74, 6) is 0.531. The summed E-state index contributed by atoms with van der Waals surface area (Å²) in [4.78, 5) is 12.4. The van der Waals surface area contributed by atoms with Gasteiger partial charge in [-0.15, -0.1) is 0 Å². The van der Waals surface area contributed by atoms with Gasteiger partial charge in [-0.05, 0) is 50.3 Å². The molecule has 126 valence electrons. The third kappa shape index (κ3) is 3.08. The number of carbonyl (C=O) groups is 1. The first kappa shape index (κ1) is 15.4. The molecule has 2 N–H and O–H groups in total. The first-order valence-electron chi connectivity index (χ1n) is 8.77. The molecule has 2 aromatic rings. The number of aromatic nitrogens is 2. The number of carbonyl (C=O) groups excluding carboxylic acids is 1. The van der Waals surface area contributed by atoms with Crippen molar-refractivity contribution in [2.75, 3.05) is 13.2 Å². The average molecular weight is 325 g/mol. The van der Waals surface area contributed by atoms with Crippen molar-refractivity contribution in [3.05, 3.63) is 41.2 Å². The molecule has 5 heteroatoms. The van der Waals surface area contributed by atoms with Crippen LogP contribution in [0.25, 0.3) is 11.1 Å². The standard InChI is InChI=1S/C19H23N3O2/c1-12-17(18(22-21-12)13-7-8-13)14-4-2-5-15(10-14)19(23)20-11-16-6-3-9-24-16/h2,4-5,10,13,16H,3,6-9,11H2,1H3,(H,20,23)(H,21,22)/t16-/m0/s1. The van der Waals surface area contributed by atoms with Gasteiger partial charge in [0.25, 0.3) is 5.91 Å². The molecule has 1 saturated heterocycles. The second-order valence-corrected chi connectivity index (χ2v) is 6.81. The normalized spacial score (nSPS) is 20.3. The Balaban J connectivity index is 1.53. The number of nitrogens with zero attached hydrogens (tertiary/aromatic N) is 1. The van der Waals surface area contributed by atoms with E-state index in [0.717, 1.165) is 42.0 Å². The van der Waals surface area contributed by atoms with Crippen molar-refractivity contribution in [1.29, 1.82) is 0 Å². The molecule has 4 rings (SSSR count). The van der Waals surface area contributed by atoms with E-state index in [9.17, 15) is 4.79 Å². The van der Waals surface area contributed by atoms with Gasteiger partial charge in [0, 0.05) is 35.9 Å². The van der Waals surface area contributed by atoms with Gasteiger partial charge in [0.15, 0.2) is 0 Å². The predicted molar refractivity (Wildman–Crippen MR) is 92.0 cm³/mol. The molecule has 1 aliphatic carbocycles. The number of nitrogens with one attached hydrogen (secondary N) is 2. The second-order valence-electron chi connectivity index (χ2n) is 6.81. The molecule has 2 heterocycles. The van der Waals surface area contributed by atoms with Gasteiger partial charge in [-0.2, -0.15) is 5.10 Å². The quantitative estimate of drug-likeness (QED) is 0.887. The van der Waals surface area contributed by atoms with Crippen molar-refractivity contribution in [3.8, 4) is 11.1 Å². The van der Waals surface area contributed by atoms with E-state index >= 15 is 0 Å². The first-order chi connectivity index (χ1) is 11.7. The van der Waals surface area contributed by atoms with E-state index in [4.69, 9.17) is 4.74 Å². The molecule has 0 bridgehead atoms. The second kappa shape index (κ2) is 6.40. The number of H-pyrrole nitrogens is 1. The van der Waals surface area contributed by atoms with Gasteiger partial charge >= 0.3 is 0 Å². The minimum atomic E-state index is -0.0403. The Morgan fingerprint density at radius 2 is 2.25 bits per heavy atom. The van der Waals surface area contributed by atoms with Crippen molar-refractivity contribution in [2.24, 2.45) is 0 Å². The van der Waals surface area contributed by atoms with Crippen LogP contribution in [0.5, 0.6) is 0 Å². The van der Waals surface area contributed by atoms with Crippen LogP contribution >= 0.6 is 0 Å². The molecule has 2 aliphatic rings. The van der Waals surface area contributed by atoms with E-state index < -0.39 is 0 Å². The van der Waals surface area contributed by atoms with Crippen LogP contribution in [0.1, 0.15) is 53.3 Å². The van der Waals surface area contributed by atoms with Crippen LogP contribution in [-0.2, 0) is 4.74 Å². The Bertz CT molecular complexity index is 743. The Hall–Kier alpha value is -2.14. The highest BCUT2D eigenvalue weighted by Crippen LogP contribution is 2.44. The van der Waals surface area contributed by atoms with Crippen molar-refractivity contribution in [1.82, 2.24) is 15.5 Å².